The molecule has 1 aromatic heterocycles. The van der Waals surface area contributed by atoms with Crippen LogP contribution in [0.3, 0.4) is 0 Å². The fourth-order valence-electron chi connectivity index (χ4n) is 0.976. The Morgan fingerprint density at radius 3 is 2.71 bits per heavy atom. The van der Waals surface area contributed by atoms with Crippen molar-refractivity contribution in [3.05, 3.63) is 26.6 Å². The van der Waals surface area contributed by atoms with Gasteiger partial charge in [-0.25, -0.2) is 13.8 Å². The van der Waals surface area contributed by atoms with Gasteiger partial charge in [-0.05, 0) is 34.2 Å². The van der Waals surface area contributed by atoms with E-state index in [1.54, 1.807) is 12.1 Å². The number of aromatic nitrogens is 1. The standard InChI is InChI=1S/C8H4BrF2IN2/c9-2-4-1-6(12)14-7(8(10)11)5(4)3-13/h1,8H,2H2. The average Bonchev–Trinajstić information content (AvgIpc) is 2.16. The van der Waals surface area contributed by atoms with Crippen molar-refractivity contribution in [3.63, 3.8) is 0 Å². The molecule has 0 unspecified atom stereocenters. The van der Waals surface area contributed by atoms with Crippen LogP contribution in [0.5, 0.6) is 0 Å². The Balaban J connectivity index is 3.41. The average molecular weight is 373 g/mol. The number of nitriles is 1. The van der Waals surface area contributed by atoms with Crippen LogP contribution in [0.1, 0.15) is 23.2 Å². The minimum Gasteiger partial charge on any atom is -0.239 e. The molecule has 0 amide bonds. The van der Waals surface area contributed by atoms with Crippen molar-refractivity contribution in [2.45, 2.75) is 11.8 Å². The van der Waals surface area contributed by atoms with E-state index in [1.807, 2.05) is 22.6 Å². The van der Waals surface area contributed by atoms with Crippen LogP contribution in [0, 0.1) is 15.0 Å². The molecule has 74 valence electrons. The minimum atomic E-state index is -2.71. The van der Waals surface area contributed by atoms with Gasteiger partial charge in [-0.1, -0.05) is 15.9 Å². The zero-order valence-electron chi connectivity index (χ0n) is 6.77. The van der Waals surface area contributed by atoms with Gasteiger partial charge >= 0.3 is 0 Å². The van der Waals surface area contributed by atoms with Crippen molar-refractivity contribution in [1.29, 1.82) is 5.26 Å². The summed E-state index contributed by atoms with van der Waals surface area (Å²) < 4.78 is 25.4. The van der Waals surface area contributed by atoms with Gasteiger partial charge in [0, 0.05) is 5.33 Å². The third-order valence-corrected chi connectivity index (χ3v) is 2.72. The van der Waals surface area contributed by atoms with Gasteiger partial charge in [-0.3, -0.25) is 0 Å². The summed E-state index contributed by atoms with van der Waals surface area (Å²) >= 11 is 4.99. The van der Waals surface area contributed by atoms with E-state index in [2.05, 4.69) is 20.9 Å². The van der Waals surface area contributed by atoms with Gasteiger partial charge in [0.1, 0.15) is 15.5 Å². The van der Waals surface area contributed by atoms with Crippen LogP contribution in [0.15, 0.2) is 6.07 Å². The van der Waals surface area contributed by atoms with Crippen molar-refractivity contribution in [3.8, 4) is 6.07 Å². The number of alkyl halides is 3. The van der Waals surface area contributed by atoms with Crippen molar-refractivity contribution in [2.75, 3.05) is 0 Å². The first-order valence-electron chi connectivity index (χ1n) is 3.53. The fraction of sp³-hybridized carbons (Fsp3) is 0.250. The molecule has 0 fully saturated rings. The van der Waals surface area contributed by atoms with Crippen LogP contribution < -0.4 is 0 Å². The number of hydrogen-bond acceptors (Lipinski definition) is 2. The fourth-order valence-corrected chi connectivity index (χ4v) is 2.05. The van der Waals surface area contributed by atoms with Gasteiger partial charge in [-0.15, -0.1) is 0 Å². The number of halogens is 4. The molecular weight excluding hydrogens is 369 g/mol. The van der Waals surface area contributed by atoms with E-state index in [4.69, 9.17) is 5.26 Å². The number of nitrogens with zero attached hydrogens (tertiary/aromatic N) is 2. The monoisotopic (exact) mass is 372 g/mol. The zero-order valence-corrected chi connectivity index (χ0v) is 10.5. The molecule has 0 saturated carbocycles. The first kappa shape index (κ1) is 11.8. The highest BCUT2D eigenvalue weighted by Crippen LogP contribution is 2.25. The molecule has 0 spiro atoms. The molecule has 6 heteroatoms. The quantitative estimate of drug-likeness (QED) is 0.453. The van der Waals surface area contributed by atoms with Crippen LogP contribution in [-0.4, -0.2) is 4.98 Å². The Kier molecular flexibility index (Phi) is 4.19. The molecule has 1 rings (SSSR count). The second-order valence-electron chi connectivity index (χ2n) is 2.41. The predicted molar refractivity (Wildman–Crippen MR) is 59.3 cm³/mol. The topological polar surface area (TPSA) is 36.7 Å². The summed E-state index contributed by atoms with van der Waals surface area (Å²) in [6, 6.07) is 3.36. The van der Waals surface area contributed by atoms with E-state index in [9.17, 15) is 8.78 Å². The molecule has 0 aliphatic rings. The molecule has 1 aromatic rings. The summed E-state index contributed by atoms with van der Waals surface area (Å²) in [7, 11) is 0. The highest BCUT2D eigenvalue weighted by atomic mass is 127. The van der Waals surface area contributed by atoms with E-state index in [1.165, 1.54) is 0 Å². The van der Waals surface area contributed by atoms with Crippen molar-refractivity contribution in [1.82, 2.24) is 4.98 Å². The van der Waals surface area contributed by atoms with Gasteiger partial charge in [0.15, 0.2) is 0 Å². The summed E-state index contributed by atoms with van der Waals surface area (Å²) in [5.41, 5.74) is 0.0772. The van der Waals surface area contributed by atoms with Crippen LogP contribution in [0.2, 0.25) is 0 Å². The Bertz CT molecular complexity index is 390. The third kappa shape index (κ3) is 2.39. The lowest BCUT2D eigenvalue weighted by molar-refractivity contribution is 0.145. The van der Waals surface area contributed by atoms with Gasteiger partial charge in [0.05, 0.1) is 5.56 Å². The summed E-state index contributed by atoms with van der Waals surface area (Å²) in [4.78, 5) is 3.65. The summed E-state index contributed by atoms with van der Waals surface area (Å²) in [5, 5.41) is 9.09. The second-order valence-corrected chi connectivity index (χ2v) is 4.08. The normalized spacial score (nSPS) is 10.3. The van der Waals surface area contributed by atoms with Crippen LogP contribution in [0.25, 0.3) is 0 Å². The van der Waals surface area contributed by atoms with E-state index in [0.29, 0.717) is 14.6 Å². The lowest BCUT2D eigenvalue weighted by atomic mass is 10.1. The Morgan fingerprint density at radius 2 is 2.29 bits per heavy atom. The van der Waals surface area contributed by atoms with Gasteiger partial charge in [-0.2, -0.15) is 5.26 Å². The highest BCUT2D eigenvalue weighted by Gasteiger charge is 2.18. The molecule has 0 N–H and O–H groups in total. The molecule has 0 radical (unpaired) electrons. The minimum absolute atomic E-state index is 0.0303. The van der Waals surface area contributed by atoms with Gasteiger partial charge in [0.2, 0.25) is 0 Å². The number of pyridine rings is 1. The maximum Gasteiger partial charge on any atom is 0.281 e. The molecule has 0 aromatic carbocycles. The van der Waals surface area contributed by atoms with Crippen LogP contribution in [0.4, 0.5) is 8.78 Å². The molecule has 0 atom stereocenters. The van der Waals surface area contributed by atoms with Crippen molar-refractivity contribution >= 4 is 38.5 Å². The van der Waals surface area contributed by atoms with E-state index in [0.717, 1.165) is 0 Å². The number of hydrogen-bond donors (Lipinski definition) is 0. The van der Waals surface area contributed by atoms with Crippen molar-refractivity contribution < 1.29 is 8.78 Å². The first-order valence-corrected chi connectivity index (χ1v) is 5.73. The van der Waals surface area contributed by atoms with E-state index in [-0.39, 0.29) is 5.56 Å². The Morgan fingerprint density at radius 1 is 1.64 bits per heavy atom. The second kappa shape index (κ2) is 4.98. The predicted octanol–water partition coefficient (Wildman–Crippen LogP) is 3.39. The summed E-state index contributed by atoms with van der Waals surface area (Å²) in [5.74, 6) is 0. The molecule has 1 heterocycles. The Hall–Kier alpha value is -0.290. The molecule has 0 bridgehead atoms. The maximum absolute atomic E-state index is 12.5. The summed E-state index contributed by atoms with van der Waals surface area (Å²) in [6.07, 6.45) is -2.71. The van der Waals surface area contributed by atoms with Gasteiger partial charge < -0.3 is 0 Å². The van der Waals surface area contributed by atoms with E-state index < -0.39 is 12.1 Å². The van der Waals surface area contributed by atoms with Crippen LogP contribution in [-0.2, 0) is 5.33 Å². The molecule has 14 heavy (non-hydrogen) atoms. The molecule has 0 aliphatic heterocycles. The van der Waals surface area contributed by atoms with E-state index >= 15 is 0 Å². The molecule has 0 aliphatic carbocycles. The van der Waals surface area contributed by atoms with Crippen molar-refractivity contribution in [2.24, 2.45) is 0 Å². The lowest BCUT2D eigenvalue weighted by Crippen LogP contribution is -2.01. The molecule has 0 saturated heterocycles. The maximum atomic E-state index is 12.5. The summed E-state index contributed by atoms with van der Waals surface area (Å²) in [6.45, 7) is 0. The lowest BCUT2D eigenvalue weighted by Gasteiger charge is -2.06. The van der Waals surface area contributed by atoms with Crippen LogP contribution >= 0.6 is 38.5 Å². The molecular formula is C8H4BrF2IN2. The number of rotatable bonds is 2. The third-order valence-electron chi connectivity index (χ3n) is 1.56. The smallest absolute Gasteiger partial charge is 0.239 e. The SMILES string of the molecule is N#Cc1c(CBr)cc(I)nc1C(F)F. The molecule has 2 nitrogen and oxygen atoms in total. The van der Waals surface area contributed by atoms with Gasteiger partial charge in [0.25, 0.3) is 6.43 Å². The first-order chi connectivity index (χ1) is 6.60. The zero-order chi connectivity index (χ0) is 10.7. The highest BCUT2D eigenvalue weighted by molar-refractivity contribution is 14.1. The largest absolute Gasteiger partial charge is 0.281 e. The Labute approximate surface area is 102 Å².